The zero-order valence-corrected chi connectivity index (χ0v) is 9.80. The molecule has 0 saturated heterocycles. The van der Waals surface area contributed by atoms with Gasteiger partial charge in [0.05, 0.1) is 11.2 Å². The Bertz CT molecular complexity index is 764. The minimum Gasteiger partial charge on any atom is -0.409 e. The van der Waals surface area contributed by atoms with Crippen molar-refractivity contribution in [1.82, 2.24) is 20.0 Å². The Kier molecular flexibility index (Phi) is 2.57. The highest BCUT2D eigenvalue weighted by Gasteiger charge is 2.13. The van der Waals surface area contributed by atoms with Crippen LogP contribution in [0.1, 0.15) is 5.69 Å². The van der Waals surface area contributed by atoms with Gasteiger partial charge in [-0.15, -0.1) is 5.10 Å². The van der Waals surface area contributed by atoms with Crippen molar-refractivity contribution in [3.63, 3.8) is 0 Å². The lowest BCUT2D eigenvalue weighted by atomic mass is 10.2. The summed E-state index contributed by atoms with van der Waals surface area (Å²) >= 11 is 0. The van der Waals surface area contributed by atoms with E-state index in [1.807, 2.05) is 24.3 Å². The summed E-state index contributed by atoms with van der Waals surface area (Å²) in [6, 6.07) is 11.1. The van der Waals surface area contributed by atoms with Crippen molar-refractivity contribution in [2.24, 2.45) is 10.9 Å². The van der Waals surface area contributed by atoms with E-state index in [1.54, 1.807) is 23.0 Å². The van der Waals surface area contributed by atoms with E-state index in [-0.39, 0.29) is 5.84 Å². The predicted octanol–water partition coefficient (Wildman–Crippen LogP) is 0.910. The van der Waals surface area contributed by atoms with Gasteiger partial charge < -0.3 is 10.9 Å². The van der Waals surface area contributed by atoms with Gasteiger partial charge in [-0.05, 0) is 24.3 Å². The molecule has 0 aliphatic heterocycles. The number of hydrogen-bond donors (Lipinski definition) is 2. The number of oxime groups is 1. The molecule has 7 heteroatoms. The minimum atomic E-state index is -0.0739. The van der Waals surface area contributed by atoms with Gasteiger partial charge in [-0.1, -0.05) is 22.5 Å². The molecule has 0 unspecified atom stereocenters. The number of nitrogens with zero attached hydrogens (tertiary/aromatic N) is 5. The van der Waals surface area contributed by atoms with Crippen LogP contribution >= 0.6 is 0 Å². The number of para-hydroxylation sites is 1. The lowest BCUT2D eigenvalue weighted by molar-refractivity contribution is 0.318. The Morgan fingerprint density at radius 2 is 2.05 bits per heavy atom. The summed E-state index contributed by atoms with van der Waals surface area (Å²) in [6.07, 6.45) is 1.57. The van der Waals surface area contributed by atoms with Gasteiger partial charge in [-0.25, -0.2) is 4.68 Å². The molecule has 19 heavy (non-hydrogen) atoms. The van der Waals surface area contributed by atoms with Gasteiger partial charge in [-0.3, -0.25) is 4.98 Å². The van der Waals surface area contributed by atoms with Crippen LogP contribution in [-0.2, 0) is 0 Å². The van der Waals surface area contributed by atoms with E-state index in [0.717, 1.165) is 11.0 Å². The average Bonchev–Trinajstić information content (AvgIpc) is 2.90. The third kappa shape index (κ3) is 1.77. The average molecular weight is 254 g/mol. The molecular formula is C12H10N6O. The first kappa shape index (κ1) is 11.1. The van der Waals surface area contributed by atoms with Crippen LogP contribution < -0.4 is 5.73 Å². The van der Waals surface area contributed by atoms with Crippen LogP contribution in [0.5, 0.6) is 0 Å². The zero-order chi connectivity index (χ0) is 13.2. The number of pyridine rings is 1. The van der Waals surface area contributed by atoms with Gasteiger partial charge in [0.25, 0.3) is 0 Å². The molecule has 3 rings (SSSR count). The molecule has 0 spiro atoms. The van der Waals surface area contributed by atoms with Crippen LogP contribution in [0.15, 0.2) is 47.8 Å². The molecule has 0 saturated carbocycles. The summed E-state index contributed by atoms with van der Waals surface area (Å²) in [7, 11) is 0. The largest absolute Gasteiger partial charge is 0.409 e. The molecular weight excluding hydrogens is 244 g/mol. The minimum absolute atomic E-state index is 0.0739. The summed E-state index contributed by atoms with van der Waals surface area (Å²) in [5.74, 6) is -0.0739. The van der Waals surface area contributed by atoms with Gasteiger partial charge in [0, 0.05) is 6.20 Å². The summed E-state index contributed by atoms with van der Waals surface area (Å²) in [6.45, 7) is 0. The van der Waals surface area contributed by atoms with Crippen molar-refractivity contribution in [2.75, 3.05) is 0 Å². The second-order valence-corrected chi connectivity index (χ2v) is 3.85. The number of hydrogen-bond acceptors (Lipinski definition) is 5. The Morgan fingerprint density at radius 1 is 1.21 bits per heavy atom. The molecule has 0 fully saturated rings. The zero-order valence-electron chi connectivity index (χ0n) is 9.80. The number of benzene rings is 1. The van der Waals surface area contributed by atoms with E-state index in [9.17, 15) is 0 Å². The molecule has 1 aromatic carbocycles. The van der Waals surface area contributed by atoms with Gasteiger partial charge in [0.1, 0.15) is 11.2 Å². The second-order valence-electron chi connectivity index (χ2n) is 3.85. The highest BCUT2D eigenvalue weighted by Crippen LogP contribution is 2.17. The van der Waals surface area contributed by atoms with Crippen molar-refractivity contribution in [1.29, 1.82) is 0 Å². The van der Waals surface area contributed by atoms with E-state index >= 15 is 0 Å². The molecule has 7 nitrogen and oxygen atoms in total. The van der Waals surface area contributed by atoms with Crippen LogP contribution in [-0.4, -0.2) is 31.0 Å². The molecule has 0 atom stereocenters. The van der Waals surface area contributed by atoms with E-state index in [2.05, 4.69) is 20.5 Å². The van der Waals surface area contributed by atoms with Crippen LogP contribution in [0.3, 0.4) is 0 Å². The van der Waals surface area contributed by atoms with Gasteiger partial charge in [-0.2, -0.15) is 0 Å². The normalized spacial score (nSPS) is 11.9. The third-order valence-corrected chi connectivity index (χ3v) is 2.72. The quantitative estimate of drug-likeness (QED) is 0.306. The monoisotopic (exact) mass is 254 g/mol. The van der Waals surface area contributed by atoms with Crippen molar-refractivity contribution in [3.05, 3.63) is 48.3 Å². The van der Waals surface area contributed by atoms with Crippen LogP contribution in [0, 0.1) is 0 Å². The van der Waals surface area contributed by atoms with Crippen molar-refractivity contribution >= 4 is 16.9 Å². The molecule has 0 bridgehead atoms. The maximum Gasteiger partial charge on any atom is 0.190 e. The molecule has 0 aliphatic rings. The fourth-order valence-corrected chi connectivity index (χ4v) is 1.86. The van der Waals surface area contributed by atoms with E-state index < -0.39 is 0 Å². The van der Waals surface area contributed by atoms with E-state index in [1.165, 1.54) is 0 Å². The van der Waals surface area contributed by atoms with E-state index in [0.29, 0.717) is 11.4 Å². The van der Waals surface area contributed by atoms with Crippen molar-refractivity contribution in [3.8, 4) is 5.69 Å². The number of aromatic nitrogens is 4. The standard InChI is InChI=1S/C12H10N6O/c13-12(16-19)11-10(6-3-7-14-11)18-9-5-2-1-4-8(9)15-17-18/h1-7,19H,(H2,13,16). The Hall–Kier alpha value is -2.96. The number of rotatable bonds is 2. The van der Waals surface area contributed by atoms with Gasteiger partial charge in [0.2, 0.25) is 0 Å². The third-order valence-electron chi connectivity index (χ3n) is 2.72. The number of amidine groups is 1. The summed E-state index contributed by atoms with van der Waals surface area (Å²) in [4.78, 5) is 4.11. The first-order valence-corrected chi connectivity index (χ1v) is 5.55. The highest BCUT2D eigenvalue weighted by atomic mass is 16.4. The fraction of sp³-hybridized carbons (Fsp3) is 0. The molecule has 2 heterocycles. The smallest absolute Gasteiger partial charge is 0.190 e. The highest BCUT2D eigenvalue weighted by molar-refractivity contribution is 5.98. The SMILES string of the molecule is N/C(=N/O)c1ncccc1-n1nnc2ccccc21. The number of nitrogens with two attached hydrogens (primary N) is 1. The van der Waals surface area contributed by atoms with Crippen molar-refractivity contribution in [2.45, 2.75) is 0 Å². The molecule has 0 radical (unpaired) electrons. The number of fused-ring (bicyclic) bond motifs is 1. The molecule has 0 amide bonds. The fourth-order valence-electron chi connectivity index (χ4n) is 1.86. The maximum atomic E-state index is 8.80. The first-order chi connectivity index (χ1) is 9.31. The second kappa shape index (κ2) is 4.37. The lowest BCUT2D eigenvalue weighted by Crippen LogP contribution is -2.18. The molecule has 94 valence electrons. The molecule has 0 aliphatic carbocycles. The van der Waals surface area contributed by atoms with E-state index in [4.69, 9.17) is 10.9 Å². The Labute approximate surface area is 108 Å². The molecule has 3 N–H and O–H groups in total. The molecule has 3 aromatic rings. The van der Waals surface area contributed by atoms with Crippen LogP contribution in [0.25, 0.3) is 16.7 Å². The summed E-state index contributed by atoms with van der Waals surface area (Å²) < 4.78 is 1.61. The maximum absolute atomic E-state index is 8.80. The van der Waals surface area contributed by atoms with Crippen LogP contribution in [0.2, 0.25) is 0 Å². The topological polar surface area (TPSA) is 102 Å². The predicted molar refractivity (Wildman–Crippen MR) is 69.2 cm³/mol. The van der Waals surface area contributed by atoms with Crippen molar-refractivity contribution < 1.29 is 5.21 Å². The lowest BCUT2D eigenvalue weighted by Gasteiger charge is -2.06. The molecule has 2 aromatic heterocycles. The Morgan fingerprint density at radius 3 is 2.89 bits per heavy atom. The summed E-state index contributed by atoms with van der Waals surface area (Å²) in [5, 5.41) is 19.9. The van der Waals surface area contributed by atoms with Gasteiger partial charge in [0.15, 0.2) is 5.84 Å². The first-order valence-electron chi connectivity index (χ1n) is 5.55. The Balaban J connectivity index is 2.28. The van der Waals surface area contributed by atoms with Gasteiger partial charge >= 0.3 is 0 Å². The van der Waals surface area contributed by atoms with Crippen LogP contribution in [0.4, 0.5) is 0 Å². The summed E-state index contributed by atoms with van der Waals surface area (Å²) in [5.41, 5.74) is 8.15.